The van der Waals surface area contributed by atoms with Crippen molar-refractivity contribution in [2.75, 3.05) is 12.3 Å². The summed E-state index contributed by atoms with van der Waals surface area (Å²) in [6, 6.07) is 3.61. The lowest BCUT2D eigenvalue weighted by Gasteiger charge is -2.11. The van der Waals surface area contributed by atoms with Crippen molar-refractivity contribution >= 4 is 17.3 Å². The van der Waals surface area contributed by atoms with Crippen molar-refractivity contribution < 1.29 is 4.74 Å². The molecule has 0 radical (unpaired) electrons. The number of halogens is 1. The predicted octanol–water partition coefficient (Wildman–Crippen LogP) is 2.88. The Labute approximate surface area is 83.6 Å². The Morgan fingerprint density at radius 2 is 2.08 bits per heavy atom. The van der Waals surface area contributed by atoms with Crippen LogP contribution in [0.3, 0.4) is 0 Å². The number of hydrogen-bond acceptors (Lipinski definition) is 2. The van der Waals surface area contributed by atoms with Crippen molar-refractivity contribution in [1.82, 2.24) is 0 Å². The van der Waals surface area contributed by atoms with Crippen LogP contribution in [0, 0.1) is 0 Å². The molecule has 3 heteroatoms. The summed E-state index contributed by atoms with van der Waals surface area (Å²) in [5.74, 6) is 0.765. The van der Waals surface area contributed by atoms with E-state index < -0.39 is 0 Å². The molecule has 0 aromatic heterocycles. The SMILES string of the molecule is CCOc1c(Cl)cc(N)cc1CC. The number of ether oxygens (including phenoxy) is 1. The van der Waals surface area contributed by atoms with E-state index in [0.717, 1.165) is 17.7 Å². The Kier molecular flexibility index (Phi) is 3.43. The Bertz CT molecular complexity index is 299. The first kappa shape index (κ1) is 10.2. The molecule has 2 nitrogen and oxygen atoms in total. The van der Waals surface area contributed by atoms with Crippen molar-refractivity contribution in [3.63, 3.8) is 0 Å². The molecule has 1 rings (SSSR count). The molecule has 13 heavy (non-hydrogen) atoms. The molecule has 0 bridgehead atoms. The Morgan fingerprint density at radius 1 is 1.38 bits per heavy atom. The van der Waals surface area contributed by atoms with Gasteiger partial charge in [-0.1, -0.05) is 18.5 Å². The van der Waals surface area contributed by atoms with E-state index in [4.69, 9.17) is 22.1 Å². The zero-order valence-electron chi connectivity index (χ0n) is 7.93. The third-order valence-corrected chi connectivity index (χ3v) is 2.09. The lowest BCUT2D eigenvalue weighted by Crippen LogP contribution is -1.98. The number of aryl methyl sites for hydroxylation is 1. The average Bonchev–Trinajstić information content (AvgIpc) is 2.09. The van der Waals surface area contributed by atoms with Gasteiger partial charge in [-0.3, -0.25) is 0 Å². The van der Waals surface area contributed by atoms with Crippen LogP contribution in [0.25, 0.3) is 0 Å². The first-order valence-corrected chi connectivity index (χ1v) is 4.77. The number of nitrogen functional groups attached to an aromatic ring is 1. The molecule has 0 aliphatic rings. The maximum atomic E-state index is 5.99. The normalized spacial score (nSPS) is 10.1. The molecule has 0 amide bonds. The van der Waals surface area contributed by atoms with Crippen LogP contribution >= 0.6 is 11.6 Å². The molecule has 0 spiro atoms. The van der Waals surface area contributed by atoms with E-state index in [9.17, 15) is 0 Å². The highest BCUT2D eigenvalue weighted by Crippen LogP contribution is 2.31. The lowest BCUT2D eigenvalue weighted by molar-refractivity contribution is 0.337. The van der Waals surface area contributed by atoms with Gasteiger partial charge >= 0.3 is 0 Å². The van der Waals surface area contributed by atoms with Crippen LogP contribution < -0.4 is 10.5 Å². The number of benzene rings is 1. The van der Waals surface area contributed by atoms with E-state index in [1.807, 2.05) is 19.9 Å². The quantitative estimate of drug-likeness (QED) is 0.760. The van der Waals surface area contributed by atoms with E-state index in [-0.39, 0.29) is 0 Å². The van der Waals surface area contributed by atoms with Crippen LogP contribution in [-0.4, -0.2) is 6.61 Å². The molecule has 0 heterocycles. The summed E-state index contributed by atoms with van der Waals surface area (Å²) in [5.41, 5.74) is 7.41. The second kappa shape index (κ2) is 4.38. The van der Waals surface area contributed by atoms with E-state index in [0.29, 0.717) is 17.3 Å². The second-order valence-corrected chi connectivity index (χ2v) is 3.18. The van der Waals surface area contributed by atoms with Gasteiger partial charge in [0.15, 0.2) is 0 Å². The first-order chi connectivity index (χ1) is 6.19. The van der Waals surface area contributed by atoms with E-state index in [1.165, 1.54) is 0 Å². The van der Waals surface area contributed by atoms with Crippen LogP contribution in [0.5, 0.6) is 5.75 Å². The highest BCUT2D eigenvalue weighted by Gasteiger charge is 2.07. The minimum atomic E-state index is 0.596. The highest BCUT2D eigenvalue weighted by atomic mass is 35.5. The number of hydrogen-bond donors (Lipinski definition) is 1. The smallest absolute Gasteiger partial charge is 0.141 e. The molecule has 1 aromatic carbocycles. The molecular weight excluding hydrogens is 186 g/mol. The molecule has 1 aromatic rings. The summed E-state index contributed by atoms with van der Waals surface area (Å²) in [6.45, 7) is 4.61. The maximum Gasteiger partial charge on any atom is 0.141 e. The summed E-state index contributed by atoms with van der Waals surface area (Å²) in [5, 5.41) is 0.596. The number of anilines is 1. The van der Waals surface area contributed by atoms with Crippen molar-refractivity contribution in [2.45, 2.75) is 20.3 Å². The molecular formula is C10H14ClNO. The summed E-state index contributed by atoms with van der Waals surface area (Å²) in [6.07, 6.45) is 0.875. The fourth-order valence-electron chi connectivity index (χ4n) is 1.24. The van der Waals surface area contributed by atoms with Crippen molar-refractivity contribution in [3.8, 4) is 5.75 Å². The fraction of sp³-hybridized carbons (Fsp3) is 0.400. The molecule has 0 atom stereocenters. The van der Waals surface area contributed by atoms with Crippen molar-refractivity contribution in [1.29, 1.82) is 0 Å². The molecule has 72 valence electrons. The van der Waals surface area contributed by atoms with E-state index >= 15 is 0 Å². The van der Waals surface area contributed by atoms with Crippen LogP contribution in [0.2, 0.25) is 5.02 Å². The molecule has 0 aliphatic carbocycles. The fourth-order valence-corrected chi connectivity index (χ4v) is 1.54. The summed E-state index contributed by atoms with van der Waals surface area (Å²) < 4.78 is 5.43. The van der Waals surface area contributed by atoms with Gasteiger partial charge in [-0.15, -0.1) is 0 Å². The number of rotatable bonds is 3. The van der Waals surface area contributed by atoms with Gasteiger partial charge < -0.3 is 10.5 Å². The van der Waals surface area contributed by atoms with Gasteiger partial charge in [0.1, 0.15) is 5.75 Å². The zero-order valence-corrected chi connectivity index (χ0v) is 8.69. The second-order valence-electron chi connectivity index (χ2n) is 2.78. The van der Waals surface area contributed by atoms with Crippen molar-refractivity contribution in [2.24, 2.45) is 0 Å². The molecule has 0 aliphatic heterocycles. The van der Waals surface area contributed by atoms with Crippen LogP contribution in [0.15, 0.2) is 12.1 Å². The third kappa shape index (κ3) is 2.28. The van der Waals surface area contributed by atoms with Gasteiger partial charge in [-0.25, -0.2) is 0 Å². The van der Waals surface area contributed by atoms with E-state index in [2.05, 4.69) is 0 Å². The van der Waals surface area contributed by atoms with Gasteiger partial charge in [0.25, 0.3) is 0 Å². The van der Waals surface area contributed by atoms with Crippen LogP contribution in [0.4, 0.5) is 5.69 Å². The van der Waals surface area contributed by atoms with E-state index in [1.54, 1.807) is 6.07 Å². The largest absolute Gasteiger partial charge is 0.492 e. The molecule has 0 fully saturated rings. The lowest BCUT2D eigenvalue weighted by atomic mass is 10.1. The summed E-state index contributed by atoms with van der Waals surface area (Å²) in [7, 11) is 0. The molecule has 2 N–H and O–H groups in total. The minimum absolute atomic E-state index is 0.596. The summed E-state index contributed by atoms with van der Waals surface area (Å²) >= 11 is 5.99. The monoisotopic (exact) mass is 199 g/mol. The van der Waals surface area contributed by atoms with Gasteiger partial charge in [-0.2, -0.15) is 0 Å². The minimum Gasteiger partial charge on any atom is -0.492 e. The van der Waals surface area contributed by atoms with Gasteiger partial charge in [0.05, 0.1) is 11.6 Å². The highest BCUT2D eigenvalue weighted by molar-refractivity contribution is 6.32. The first-order valence-electron chi connectivity index (χ1n) is 4.39. The Morgan fingerprint density at radius 3 is 2.62 bits per heavy atom. The van der Waals surface area contributed by atoms with Crippen LogP contribution in [-0.2, 0) is 6.42 Å². The van der Waals surface area contributed by atoms with Gasteiger partial charge in [0, 0.05) is 5.69 Å². The van der Waals surface area contributed by atoms with Crippen LogP contribution in [0.1, 0.15) is 19.4 Å². The molecule has 0 saturated heterocycles. The third-order valence-electron chi connectivity index (χ3n) is 1.81. The van der Waals surface area contributed by atoms with Gasteiger partial charge in [0.2, 0.25) is 0 Å². The standard InChI is InChI=1S/C10H14ClNO/c1-3-7-5-8(12)6-9(11)10(7)13-4-2/h5-6H,3-4,12H2,1-2H3. The van der Waals surface area contributed by atoms with Crippen molar-refractivity contribution in [3.05, 3.63) is 22.7 Å². The Hall–Kier alpha value is -0.890. The van der Waals surface area contributed by atoms with Gasteiger partial charge in [-0.05, 0) is 31.0 Å². The molecule has 0 saturated carbocycles. The topological polar surface area (TPSA) is 35.2 Å². The number of nitrogens with two attached hydrogens (primary N) is 1. The zero-order chi connectivity index (χ0) is 9.84. The summed E-state index contributed by atoms with van der Waals surface area (Å²) in [4.78, 5) is 0. The average molecular weight is 200 g/mol. The molecule has 0 unspecified atom stereocenters. The predicted molar refractivity (Wildman–Crippen MR) is 56.4 cm³/mol. The maximum absolute atomic E-state index is 5.99. The Balaban J connectivity index is 3.13.